The standard InChI is InChI=1S/C17H21N3/c1-13-6-3-4-8-16(13)20(2)17-14(7-5-11-18-17)12-19-15-9-10-15/h3-8,11,15,19H,9-10,12H2,1-2H3. The summed E-state index contributed by atoms with van der Waals surface area (Å²) in [5.74, 6) is 1.04. The predicted molar refractivity (Wildman–Crippen MR) is 83.3 cm³/mol. The van der Waals surface area contributed by atoms with E-state index in [2.05, 4.69) is 59.5 Å². The second-order valence-corrected chi connectivity index (χ2v) is 5.49. The Balaban J connectivity index is 1.86. The monoisotopic (exact) mass is 267 g/mol. The van der Waals surface area contributed by atoms with Gasteiger partial charge in [-0.15, -0.1) is 0 Å². The highest BCUT2D eigenvalue weighted by molar-refractivity contribution is 5.65. The van der Waals surface area contributed by atoms with E-state index in [4.69, 9.17) is 0 Å². The second kappa shape index (κ2) is 5.63. The van der Waals surface area contributed by atoms with E-state index in [1.807, 2.05) is 12.3 Å². The van der Waals surface area contributed by atoms with E-state index < -0.39 is 0 Å². The fourth-order valence-electron chi connectivity index (χ4n) is 2.47. The van der Waals surface area contributed by atoms with Gasteiger partial charge in [0.05, 0.1) is 0 Å². The number of nitrogens with one attached hydrogen (secondary N) is 1. The molecule has 0 amide bonds. The molecule has 3 heteroatoms. The Hall–Kier alpha value is -1.87. The summed E-state index contributed by atoms with van der Waals surface area (Å²) < 4.78 is 0. The second-order valence-electron chi connectivity index (χ2n) is 5.49. The number of aromatic nitrogens is 1. The number of nitrogens with zero attached hydrogens (tertiary/aromatic N) is 2. The Kier molecular flexibility index (Phi) is 3.70. The number of hydrogen-bond donors (Lipinski definition) is 1. The van der Waals surface area contributed by atoms with E-state index in [0.29, 0.717) is 6.04 Å². The van der Waals surface area contributed by atoms with Crippen LogP contribution in [-0.2, 0) is 6.54 Å². The van der Waals surface area contributed by atoms with Crippen molar-refractivity contribution in [2.75, 3.05) is 11.9 Å². The lowest BCUT2D eigenvalue weighted by Gasteiger charge is -2.23. The molecule has 0 radical (unpaired) electrons. The van der Waals surface area contributed by atoms with Crippen LogP contribution < -0.4 is 10.2 Å². The summed E-state index contributed by atoms with van der Waals surface area (Å²) in [4.78, 5) is 6.76. The third kappa shape index (κ3) is 2.83. The molecule has 0 unspecified atom stereocenters. The largest absolute Gasteiger partial charge is 0.329 e. The molecule has 0 aliphatic heterocycles. The molecule has 1 saturated carbocycles. The zero-order valence-corrected chi connectivity index (χ0v) is 12.1. The average Bonchev–Trinajstić information content (AvgIpc) is 3.29. The fourth-order valence-corrected chi connectivity index (χ4v) is 2.47. The number of pyridine rings is 1. The summed E-state index contributed by atoms with van der Waals surface area (Å²) in [7, 11) is 2.09. The van der Waals surface area contributed by atoms with Gasteiger partial charge < -0.3 is 10.2 Å². The van der Waals surface area contributed by atoms with Crippen LogP contribution in [0.1, 0.15) is 24.0 Å². The Bertz CT molecular complexity index is 590. The zero-order valence-electron chi connectivity index (χ0n) is 12.1. The van der Waals surface area contributed by atoms with Crippen LogP contribution in [0.2, 0.25) is 0 Å². The topological polar surface area (TPSA) is 28.2 Å². The first kappa shape index (κ1) is 13.1. The van der Waals surface area contributed by atoms with Crippen molar-refractivity contribution in [3.63, 3.8) is 0 Å². The van der Waals surface area contributed by atoms with E-state index >= 15 is 0 Å². The molecule has 3 rings (SSSR count). The Labute approximate surface area is 120 Å². The molecule has 3 nitrogen and oxygen atoms in total. The maximum Gasteiger partial charge on any atom is 0.137 e. The third-order valence-corrected chi connectivity index (χ3v) is 3.82. The Morgan fingerprint density at radius 2 is 2.00 bits per heavy atom. The van der Waals surface area contributed by atoms with E-state index in [0.717, 1.165) is 12.4 Å². The van der Waals surface area contributed by atoms with Crippen molar-refractivity contribution >= 4 is 11.5 Å². The molecule has 0 bridgehead atoms. The Morgan fingerprint density at radius 1 is 1.20 bits per heavy atom. The minimum Gasteiger partial charge on any atom is -0.329 e. The van der Waals surface area contributed by atoms with Crippen molar-refractivity contribution in [2.24, 2.45) is 0 Å². The summed E-state index contributed by atoms with van der Waals surface area (Å²) in [6, 6.07) is 13.3. The number of aryl methyl sites for hydroxylation is 1. The van der Waals surface area contributed by atoms with Gasteiger partial charge in [0, 0.05) is 37.1 Å². The quantitative estimate of drug-likeness (QED) is 0.900. The molecule has 1 fully saturated rings. The molecule has 104 valence electrons. The van der Waals surface area contributed by atoms with Crippen molar-refractivity contribution in [1.29, 1.82) is 0 Å². The van der Waals surface area contributed by atoms with Gasteiger partial charge in [-0.3, -0.25) is 0 Å². The molecule has 1 aliphatic rings. The summed E-state index contributed by atoms with van der Waals surface area (Å²) >= 11 is 0. The van der Waals surface area contributed by atoms with Crippen molar-refractivity contribution in [3.8, 4) is 0 Å². The molecule has 0 spiro atoms. The van der Waals surface area contributed by atoms with Gasteiger partial charge in [0.25, 0.3) is 0 Å². The average molecular weight is 267 g/mol. The number of anilines is 2. The SMILES string of the molecule is Cc1ccccc1N(C)c1ncccc1CNC1CC1. The predicted octanol–water partition coefficient (Wildman–Crippen LogP) is 3.41. The van der Waals surface area contributed by atoms with E-state index in [1.54, 1.807) is 0 Å². The van der Waals surface area contributed by atoms with Crippen LogP contribution in [0.15, 0.2) is 42.6 Å². The first-order valence-electron chi connectivity index (χ1n) is 7.22. The van der Waals surface area contributed by atoms with Crippen LogP contribution in [0.3, 0.4) is 0 Å². The maximum atomic E-state index is 4.58. The van der Waals surface area contributed by atoms with Crippen LogP contribution >= 0.6 is 0 Å². The van der Waals surface area contributed by atoms with Gasteiger partial charge in [0.2, 0.25) is 0 Å². The number of benzene rings is 1. The minimum atomic E-state index is 0.715. The summed E-state index contributed by atoms with van der Waals surface area (Å²) in [6.07, 6.45) is 4.48. The molecule has 0 saturated heterocycles. The molecule has 0 atom stereocenters. The van der Waals surface area contributed by atoms with Crippen LogP contribution in [0.4, 0.5) is 11.5 Å². The highest BCUT2D eigenvalue weighted by atomic mass is 15.2. The lowest BCUT2D eigenvalue weighted by molar-refractivity contribution is 0.685. The van der Waals surface area contributed by atoms with E-state index in [-0.39, 0.29) is 0 Å². The van der Waals surface area contributed by atoms with E-state index in [9.17, 15) is 0 Å². The van der Waals surface area contributed by atoms with Crippen LogP contribution in [0.5, 0.6) is 0 Å². The molecule has 1 aromatic heterocycles. The summed E-state index contributed by atoms with van der Waals surface area (Å²) in [5, 5.41) is 3.57. The van der Waals surface area contributed by atoms with Crippen LogP contribution in [0, 0.1) is 6.92 Å². The lowest BCUT2D eigenvalue weighted by atomic mass is 10.1. The van der Waals surface area contributed by atoms with Gasteiger partial charge in [-0.25, -0.2) is 4.98 Å². The molecule has 20 heavy (non-hydrogen) atoms. The van der Waals surface area contributed by atoms with Crippen molar-refractivity contribution in [2.45, 2.75) is 32.4 Å². The molecule has 1 heterocycles. The molecule has 1 N–H and O–H groups in total. The van der Waals surface area contributed by atoms with Gasteiger partial charge in [0.1, 0.15) is 5.82 Å². The number of para-hydroxylation sites is 1. The fraction of sp³-hybridized carbons (Fsp3) is 0.353. The first-order chi connectivity index (χ1) is 9.75. The smallest absolute Gasteiger partial charge is 0.137 e. The highest BCUT2D eigenvalue weighted by Gasteiger charge is 2.21. The van der Waals surface area contributed by atoms with Crippen molar-refractivity contribution < 1.29 is 0 Å². The van der Waals surface area contributed by atoms with Gasteiger partial charge >= 0.3 is 0 Å². The van der Waals surface area contributed by atoms with Crippen molar-refractivity contribution in [3.05, 3.63) is 53.7 Å². The van der Waals surface area contributed by atoms with Crippen molar-refractivity contribution in [1.82, 2.24) is 10.3 Å². The molecular weight excluding hydrogens is 246 g/mol. The molecule has 1 aromatic carbocycles. The van der Waals surface area contributed by atoms with Gasteiger partial charge in [0.15, 0.2) is 0 Å². The summed E-state index contributed by atoms with van der Waals surface area (Å²) in [5.41, 5.74) is 3.73. The third-order valence-electron chi connectivity index (χ3n) is 3.82. The maximum absolute atomic E-state index is 4.58. The number of rotatable bonds is 5. The van der Waals surface area contributed by atoms with Crippen LogP contribution in [0.25, 0.3) is 0 Å². The van der Waals surface area contributed by atoms with E-state index in [1.165, 1.54) is 29.7 Å². The minimum absolute atomic E-state index is 0.715. The first-order valence-corrected chi connectivity index (χ1v) is 7.22. The van der Waals surface area contributed by atoms with Gasteiger partial charge in [-0.2, -0.15) is 0 Å². The summed E-state index contributed by atoms with van der Waals surface area (Å²) in [6.45, 7) is 3.03. The normalized spacial score (nSPS) is 14.3. The Morgan fingerprint density at radius 3 is 2.75 bits per heavy atom. The van der Waals surface area contributed by atoms with Crippen LogP contribution in [-0.4, -0.2) is 18.1 Å². The molecule has 1 aliphatic carbocycles. The lowest BCUT2D eigenvalue weighted by Crippen LogP contribution is -2.20. The zero-order chi connectivity index (χ0) is 13.9. The molecule has 2 aromatic rings. The van der Waals surface area contributed by atoms with Gasteiger partial charge in [-0.05, 0) is 37.5 Å². The molecular formula is C17H21N3. The number of hydrogen-bond acceptors (Lipinski definition) is 3. The highest BCUT2D eigenvalue weighted by Crippen LogP contribution is 2.28. The van der Waals surface area contributed by atoms with Gasteiger partial charge in [-0.1, -0.05) is 24.3 Å².